The zero-order valence-corrected chi connectivity index (χ0v) is 18.0. The summed E-state index contributed by atoms with van der Waals surface area (Å²) in [7, 11) is 0. The van der Waals surface area contributed by atoms with Gasteiger partial charge in [0.05, 0.1) is 32.4 Å². The monoisotopic (exact) mass is 490 g/mol. The van der Waals surface area contributed by atoms with Gasteiger partial charge in [-0.05, 0) is 34.1 Å². The van der Waals surface area contributed by atoms with Gasteiger partial charge in [0.15, 0.2) is 0 Å². The number of para-hydroxylation sites is 1. The number of hydrogen-bond acceptors (Lipinski definition) is 6. The van der Waals surface area contributed by atoms with E-state index in [2.05, 4.69) is 31.4 Å². The van der Waals surface area contributed by atoms with E-state index in [4.69, 9.17) is 0 Å². The molecule has 158 valence electrons. The van der Waals surface area contributed by atoms with Gasteiger partial charge in [-0.25, -0.2) is 10.4 Å². The summed E-state index contributed by atoms with van der Waals surface area (Å²) >= 11 is 3.07. The molecule has 32 heavy (non-hydrogen) atoms. The van der Waals surface area contributed by atoms with Crippen molar-refractivity contribution >= 4 is 44.6 Å². The second-order valence-corrected chi connectivity index (χ2v) is 7.62. The molecule has 0 spiro atoms. The number of benzene rings is 3. The largest absolute Gasteiger partial charge is 0.501 e. The number of pyridine rings is 1. The Labute approximate surface area is 190 Å². The first-order valence-corrected chi connectivity index (χ1v) is 10.2. The molecule has 1 aromatic heterocycles. The minimum absolute atomic E-state index is 0.145. The normalized spacial score (nSPS) is 11.0. The predicted molar refractivity (Wildman–Crippen MR) is 125 cm³/mol. The zero-order valence-electron chi connectivity index (χ0n) is 16.4. The number of aromatic hydroxyl groups is 1. The Morgan fingerprint density at radius 3 is 2.56 bits per heavy atom. The first-order chi connectivity index (χ1) is 15.4. The van der Waals surface area contributed by atoms with Crippen molar-refractivity contribution in [2.75, 3.05) is 0 Å². The number of phenols is 1. The van der Waals surface area contributed by atoms with Crippen molar-refractivity contribution in [3.8, 4) is 17.0 Å². The Hall–Kier alpha value is -4.11. The summed E-state index contributed by atoms with van der Waals surface area (Å²) in [6.07, 6.45) is 1.26. The summed E-state index contributed by atoms with van der Waals surface area (Å²) in [6, 6.07) is 21.1. The van der Waals surface area contributed by atoms with Crippen LogP contribution in [0.25, 0.3) is 22.2 Å². The molecule has 1 heterocycles. The molecule has 0 aliphatic heterocycles. The van der Waals surface area contributed by atoms with Gasteiger partial charge in [0.2, 0.25) is 5.75 Å². The molecule has 0 radical (unpaired) electrons. The minimum Gasteiger partial charge on any atom is -0.501 e. The zero-order chi connectivity index (χ0) is 22.7. The first kappa shape index (κ1) is 21.1. The molecule has 0 aliphatic rings. The minimum atomic E-state index is -0.704. The highest BCUT2D eigenvalue weighted by Crippen LogP contribution is 2.34. The Kier molecular flexibility index (Phi) is 5.91. The number of rotatable bonds is 5. The lowest BCUT2D eigenvalue weighted by molar-refractivity contribution is -0.386. The number of nitrogens with one attached hydrogen (secondary N) is 1. The highest BCUT2D eigenvalue weighted by atomic mass is 79.9. The SMILES string of the molecule is O=C(N/N=C/c1cc(Br)c(O)c([N+](=O)[O-])c1)c1cc(-c2ccccc2)nc2ccccc12. The molecule has 3 aromatic carbocycles. The average molecular weight is 491 g/mol. The van der Waals surface area contributed by atoms with Crippen molar-refractivity contribution in [3.63, 3.8) is 0 Å². The maximum atomic E-state index is 12.9. The number of nitro benzene ring substituents is 1. The van der Waals surface area contributed by atoms with Crippen LogP contribution in [0.5, 0.6) is 5.75 Å². The van der Waals surface area contributed by atoms with E-state index in [0.717, 1.165) is 11.6 Å². The molecule has 0 saturated carbocycles. The smallest absolute Gasteiger partial charge is 0.312 e. The van der Waals surface area contributed by atoms with Gasteiger partial charge in [-0.15, -0.1) is 0 Å². The van der Waals surface area contributed by atoms with Crippen LogP contribution in [0.4, 0.5) is 5.69 Å². The summed E-state index contributed by atoms with van der Waals surface area (Å²) in [5, 5.41) is 25.4. The Morgan fingerprint density at radius 2 is 1.81 bits per heavy atom. The molecule has 1 amide bonds. The van der Waals surface area contributed by atoms with Crippen LogP contribution in [0, 0.1) is 10.1 Å². The fourth-order valence-electron chi connectivity index (χ4n) is 3.16. The van der Waals surface area contributed by atoms with Gasteiger partial charge in [0.25, 0.3) is 5.91 Å². The number of nitrogens with zero attached hydrogens (tertiary/aromatic N) is 3. The number of phenolic OH excluding ortho intramolecular Hbond substituents is 1. The molecule has 8 nitrogen and oxygen atoms in total. The number of halogens is 1. The lowest BCUT2D eigenvalue weighted by Crippen LogP contribution is -2.18. The van der Waals surface area contributed by atoms with Crippen LogP contribution < -0.4 is 5.43 Å². The maximum Gasteiger partial charge on any atom is 0.312 e. The number of fused-ring (bicyclic) bond motifs is 1. The molecule has 0 unspecified atom stereocenters. The summed E-state index contributed by atoms with van der Waals surface area (Å²) in [5.74, 6) is -0.933. The Balaban J connectivity index is 1.65. The second kappa shape index (κ2) is 8.94. The highest BCUT2D eigenvalue weighted by Gasteiger charge is 2.17. The Bertz CT molecular complexity index is 1370. The number of aromatic nitrogens is 1. The van der Waals surface area contributed by atoms with E-state index < -0.39 is 22.3 Å². The summed E-state index contributed by atoms with van der Waals surface area (Å²) in [5.41, 5.74) is 4.89. The fraction of sp³-hybridized carbons (Fsp3) is 0. The third kappa shape index (κ3) is 4.33. The van der Waals surface area contributed by atoms with E-state index in [1.807, 2.05) is 48.5 Å². The lowest BCUT2D eigenvalue weighted by Gasteiger charge is -2.09. The highest BCUT2D eigenvalue weighted by molar-refractivity contribution is 9.10. The number of amides is 1. The average Bonchev–Trinajstić information content (AvgIpc) is 2.80. The number of hydrogen-bond donors (Lipinski definition) is 2. The van der Waals surface area contributed by atoms with Crippen LogP contribution in [-0.2, 0) is 0 Å². The molecular weight excluding hydrogens is 476 g/mol. The van der Waals surface area contributed by atoms with Crippen LogP contribution >= 0.6 is 15.9 Å². The van der Waals surface area contributed by atoms with Gasteiger partial charge in [0, 0.05) is 22.6 Å². The molecule has 0 aliphatic carbocycles. The lowest BCUT2D eigenvalue weighted by atomic mass is 10.0. The Morgan fingerprint density at radius 1 is 1.09 bits per heavy atom. The predicted octanol–water partition coefficient (Wildman–Crippen LogP) is 5.04. The van der Waals surface area contributed by atoms with Gasteiger partial charge in [0.1, 0.15) is 0 Å². The fourth-order valence-corrected chi connectivity index (χ4v) is 3.63. The van der Waals surface area contributed by atoms with Crippen LogP contribution in [0.3, 0.4) is 0 Å². The maximum absolute atomic E-state index is 12.9. The van der Waals surface area contributed by atoms with E-state index in [1.54, 1.807) is 12.1 Å². The van der Waals surface area contributed by atoms with Gasteiger partial charge < -0.3 is 5.11 Å². The van der Waals surface area contributed by atoms with Gasteiger partial charge in [-0.2, -0.15) is 5.10 Å². The molecule has 4 rings (SSSR count). The summed E-state index contributed by atoms with van der Waals surface area (Å²) in [4.78, 5) is 27.9. The van der Waals surface area contributed by atoms with Crippen molar-refractivity contribution in [1.82, 2.24) is 10.4 Å². The van der Waals surface area contributed by atoms with Crippen molar-refractivity contribution < 1.29 is 14.8 Å². The molecule has 0 fully saturated rings. The number of hydrazone groups is 1. The molecule has 9 heteroatoms. The van der Waals surface area contributed by atoms with Crippen molar-refractivity contribution in [2.45, 2.75) is 0 Å². The van der Waals surface area contributed by atoms with E-state index >= 15 is 0 Å². The molecule has 0 saturated heterocycles. The van der Waals surface area contributed by atoms with Crippen LogP contribution in [0.2, 0.25) is 0 Å². The summed E-state index contributed by atoms with van der Waals surface area (Å²) in [6.45, 7) is 0. The van der Waals surface area contributed by atoms with Crippen LogP contribution in [-0.4, -0.2) is 27.1 Å². The topological polar surface area (TPSA) is 118 Å². The molecular formula is C23H15BrN4O4. The van der Waals surface area contributed by atoms with E-state index in [-0.39, 0.29) is 4.47 Å². The molecule has 0 bridgehead atoms. The van der Waals surface area contributed by atoms with Crippen molar-refractivity contribution in [2.24, 2.45) is 5.10 Å². The number of nitro groups is 1. The standard InChI is InChI=1S/C23H15BrN4O4/c24-18-10-14(11-21(22(18)29)28(31)32)13-25-27-23(30)17-12-20(15-6-2-1-3-7-15)26-19-9-5-4-8-16(17)19/h1-13,29H,(H,27,30)/b25-13+. The molecule has 0 atom stereocenters. The van der Waals surface area contributed by atoms with Gasteiger partial charge in [-0.1, -0.05) is 48.5 Å². The van der Waals surface area contributed by atoms with E-state index in [9.17, 15) is 20.0 Å². The molecule has 4 aromatic rings. The van der Waals surface area contributed by atoms with Crippen molar-refractivity contribution in [1.29, 1.82) is 0 Å². The first-order valence-electron chi connectivity index (χ1n) is 9.39. The van der Waals surface area contributed by atoms with Crippen molar-refractivity contribution in [3.05, 3.63) is 98.5 Å². The van der Waals surface area contributed by atoms with Crippen LogP contribution in [0.15, 0.2) is 82.4 Å². The van der Waals surface area contributed by atoms with E-state index in [0.29, 0.717) is 27.7 Å². The quantitative estimate of drug-likeness (QED) is 0.230. The van der Waals surface area contributed by atoms with Gasteiger partial charge >= 0.3 is 5.69 Å². The molecule has 2 N–H and O–H groups in total. The summed E-state index contributed by atoms with van der Waals surface area (Å²) < 4.78 is 0.145. The van der Waals surface area contributed by atoms with Crippen LogP contribution in [0.1, 0.15) is 15.9 Å². The second-order valence-electron chi connectivity index (χ2n) is 6.76. The van der Waals surface area contributed by atoms with Gasteiger partial charge in [-0.3, -0.25) is 14.9 Å². The number of carbonyl (C=O) groups is 1. The van der Waals surface area contributed by atoms with E-state index in [1.165, 1.54) is 12.3 Å². The third-order valence-electron chi connectivity index (χ3n) is 4.67. The number of carbonyl (C=O) groups excluding carboxylic acids is 1. The third-order valence-corrected chi connectivity index (χ3v) is 5.28.